The van der Waals surface area contributed by atoms with Crippen LogP contribution in [-0.4, -0.2) is 34.2 Å². The van der Waals surface area contributed by atoms with Crippen molar-refractivity contribution in [2.45, 2.75) is 25.6 Å². The highest BCUT2D eigenvalue weighted by Crippen LogP contribution is 2.40. The second-order valence-electron chi connectivity index (χ2n) is 7.91. The van der Waals surface area contributed by atoms with Crippen molar-refractivity contribution in [3.63, 3.8) is 0 Å². The largest absolute Gasteiger partial charge is 0.493 e. The third-order valence-electron chi connectivity index (χ3n) is 5.96. The van der Waals surface area contributed by atoms with Crippen molar-refractivity contribution in [1.82, 2.24) is 9.97 Å². The summed E-state index contributed by atoms with van der Waals surface area (Å²) >= 11 is 0. The highest BCUT2D eigenvalue weighted by atomic mass is 16.5. The van der Waals surface area contributed by atoms with Gasteiger partial charge in [0.05, 0.1) is 12.6 Å². The number of hydrogen-bond donors (Lipinski definition) is 1. The van der Waals surface area contributed by atoms with Gasteiger partial charge in [-0.1, -0.05) is 48.5 Å². The number of rotatable bonds is 6. The van der Waals surface area contributed by atoms with Crippen LogP contribution in [0.2, 0.25) is 0 Å². The van der Waals surface area contributed by atoms with E-state index >= 15 is 0 Å². The molecule has 0 fully saturated rings. The lowest BCUT2D eigenvalue weighted by Gasteiger charge is -2.36. The van der Waals surface area contributed by atoms with Crippen molar-refractivity contribution in [2.75, 3.05) is 12.0 Å². The smallest absolute Gasteiger partial charge is 0.326 e. The maximum absolute atomic E-state index is 12.4. The van der Waals surface area contributed by atoms with E-state index in [2.05, 4.69) is 9.97 Å². The molecule has 0 radical (unpaired) electrons. The molecule has 7 heteroatoms. The quantitative estimate of drug-likeness (QED) is 0.479. The van der Waals surface area contributed by atoms with E-state index in [-0.39, 0.29) is 6.42 Å². The molecule has 3 aromatic carbocycles. The van der Waals surface area contributed by atoms with Crippen LogP contribution >= 0.6 is 0 Å². The van der Waals surface area contributed by atoms with E-state index in [0.717, 1.165) is 27.6 Å². The third kappa shape index (κ3) is 3.93. The van der Waals surface area contributed by atoms with Crippen molar-refractivity contribution in [1.29, 1.82) is 0 Å². The maximum atomic E-state index is 12.4. The van der Waals surface area contributed by atoms with Gasteiger partial charge in [0.2, 0.25) is 0 Å². The molecule has 33 heavy (non-hydrogen) atoms. The molecule has 5 rings (SSSR count). The molecule has 166 valence electrons. The van der Waals surface area contributed by atoms with Gasteiger partial charge in [0.15, 0.2) is 11.5 Å². The molecule has 0 saturated carbocycles. The maximum Gasteiger partial charge on any atom is 0.326 e. The Morgan fingerprint density at radius 2 is 1.85 bits per heavy atom. The molecule has 0 amide bonds. The monoisotopic (exact) mass is 441 g/mol. The molecule has 1 N–H and O–H groups in total. The molecule has 1 aromatic heterocycles. The molecule has 2 heterocycles. The summed E-state index contributed by atoms with van der Waals surface area (Å²) < 4.78 is 11.7. The van der Waals surface area contributed by atoms with Crippen LogP contribution in [0, 0.1) is 0 Å². The zero-order valence-electron chi connectivity index (χ0n) is 18.1. The van der Waals surface area contributed by atoms with Gasteiger partial charge < -0.3 is 19.5 Å². The summed E-state index contributed by atoms with van der Waals surface area (Å²) in [7, 11) is 1.59. The number of ether oxygens (including phenoxy) is 2. The van der Waals surface area contributed by atoms with Crippen molar-refractivity contribution >= 4 is 22.7 Å². The molecule has 1 aliphatic heterocycles. The van der Waals surface area contributed by atoms with Crippen LogP contribution in [0.25, 0.3) is 10.9 Å². The highest BCUT2D eigenvalue weighted by molar-refractivity contribution is 5.92. The van der Waals surface area contributed by atoms with Gasteiger partial charge >= 0.3 is 5.97 Å². The zero-order chi connectivity index (χ0) is 22.8. The van der Waals surface area contributed by atoms with Gasteiger partial charge in [-0.2, -0.15) is 0 Å². The molecular weight excluding hydrogens is 418 g/mol. The van der Waals surface area contributed by atoms with E-state index in [0.29, 0.717) is 30.5 Å². The first-order valence-electron chi connectivity index (χ1n) is 10.7. The summed E-state index contributed by atoms with van der Waals surface area (Å²) in [5.41, 5.74) is 3.64. The lowest BCUT2D eigenvalue weighted by Crippen LogP contribution is -2.46. The number of methoxy groups -OCH3 is 1. The summed E-state index contributed by atoms with van der Waals surface area (Å²) in [6.45, 7) is 0.755. The molecule has 7 nitrogen and oxygen atoms in total. The fourth-order valence-electron chi connectivity index (χ4n) is 4.33. The first-order chi connectivity index (χ1) is 16.2. The van der Waals surface area contributed by atoms with Crippen LogP contribution in [0.15, 0.2) is 73.1 Å². The molecule has 1 atom stereocenters. The Bertz CT molecular complexity index is 1300. The van der Waals surface area contributed by atoms with Crippen molar-refractivity contribution in [3.05, 3.63) is 89.7 Å². The van der Waals surface area contributed by atoms with Gasteiger partial charge in [0, 0.05) is 23.9 Å². The average molecular weight is 441 g/mol. The second kappa shape index (κ2) is 8.78. The number of nitrogens with zero attached hydrogens (tertiary/aromatic N) is 3. The summed E-state index contributed by atoms with van der Waals surface area (Å²) in [6, 6.07) is 20.5. The van der Waals surface area contributed by atoms with Gasteiger partial charge in [-0.3, -0.25) is 0 Å². The van der Waals surface area contributed by atoms with Gasteiger partial charge in [-0.25, -0.2) is 14.8 Å². The first kappa shape index (κ1) is 20.8. The van der Waals surface area contributed by atoms with E-state index in [1.165, 1.54) is 6.33 Å². The van der Waals surface area contributed by atoms with Crippen molar-refractivity contribution in [3.8, 4) is 11.5 Å². The predicted octanol–water partition coefficient (Wildman–Crippen LogP) is 4.23. The lowest BCUT2D eigenvalue weighted by atomic mass is 9.92. The number of aliphatic carboxylic acids is 1. The Hall–Kier alpha value is -4.13. The minimum Gasteiger partial charge on any atom is -0.493 e. The van der Waals surface area contributed by atoms with Crippen molar-refractivity contribution < 1.29 is 19.4 Å². The third-order valence-corrected chi connectivity index (χ3v) is 5.96. The van der Waals surface area contributed by atoms with Crippen LogP contribution in [0.5, 0.6) is 11.5 Å². The minimum absolute atomic E-state index is 0.268. The van der Waals surface area contributed by atoms with Crippen LogP contribution < -0.4 is 14.4 Å². The molecule has 0 spiro atoms. The normalized spacial score (nSPS) is 15.2. The summed E-state index contributed by atoms with van der Waals surface area (Å²) in [6.07, 6.45) is 1.75. The lowest BCUT2D eigenvalue weighted by molar-refractivity contribution is -0.138. The molecule has 0 bridgehead atoms. The van der Waals surface area contributed by atoms with Crippen LogP contribution in [0.3, 0.4) is 0 Å². The first-order valence-corrected chi connectivity index (χ1v) is 10.7. The average Bonchev–Trinajstić information content (AvgIpc) is 2.86. The molecule has 0 aliphatic carbocycles. The van der Waals surface area contributed by atoms with Crippen molar-refractivity contribution in [2.24, 2.45) is 0 Å². The van der Waals surface area contributed by atoms with Gasteiger partial charge in [-0.05, 0) is 29.3 Å². The predicted molar refractivity (Wildman–Crippen MR) is 125 cm³/mol. The molecule has 4 aromatic rings. The van der Waals surface area contributed by atoms with Crippen LogP contribution in [-0.2, 0) is 24.4 Å². The Kier molecular flexibility index (Phi) is 5.52. The fraction of sp³-hybridized carbons (Fsp3) is 0.192. The Morgan fingerprint density at radius 3 is 2.64 bits per heavy atom. The number of carboxylic acids is 1. The topological polar surface area (TPSA) is 84.8 Å². The van der Waals surface area contributed by atoms with Gasteiger partial charge in [-0.15, -0.1) is 0 Å². The number of fused-ring (bicyclic) bond motifs is 2. The SMILES string of the molecule is COc1ccc2c(c1OCc1ccccc1)CC(C(=O)O)N(c1ncnc3ccccc13)C2. The summed E-state index contributed by atoms with van der Waals surface area (Å²) in [5, 5.41) is 11.0. The fourth-order valence-corrected chi connectivity index (χ4v) is 4.33. The number of hydrogen-bond acceptors (Lipinski definition) is 6. The highest BCUT2D eigenvalue weighted by Gasteiger charge is 2.35. The number of carbonyl (C=O) groups is 1. The number of carboxylic acid groups (broad SMARTS) is 1. The van der Waals surface area contributed by atoms with E-state index in [4.69, 9.17) is 9.47 Å². The molecule has 0 saturated heterocycles. The molecule has 1 aliphatic rings. The minimum atomic E-state index is -0.917. The number of para-hydroxylation sites is 1. The summed E-state index contributed by atoms with van der Waals surface area (Å²) in [5.74, 6) is 0.883. The van der Waals surface area contributed by atoms with E-state index < -0.39 is 12.0 Å². The number of anilines is 1. The molecule has 1 unspecified atom stereocenters. The van der Waals surface area contributed by atoms with Gasteiger partial charge in [0.25, 0.3) is 0 Å². The zero-order valence-corrected chi connectivity index (χ0v) is 18.1. The summed E-state index contributed by atoms with van der Waals surface area (Å²) in [4.78, 5) is 23.0. The number of benzene rings is 3. The second-order valence-corrected chi connectivity index (χ2v) is 7.91. The van der Waals surface area contributed by atoms with E-state index in [1.54, 1.807) is 7.11 Å². The van der Waals surface area contributed by atoms with Gasteiger partial charge in [0.1, 0.15) is 24.8 Å². The number of aromatic nitrogens is 2. The van der Waals surface area contributed by atoms with E-state index in [9.17, 15) is 9.90 Å². The van der Waals surface area contributed by atoms with E-state index in [1.807, 2.05) is 71.6 Å². The van der Waals surface area contributed by atoms with Crippen LogP contribution in [0.4, 0.5) is 5.82 Å². The standard InChI is InChI=1S/C26H23N3O4/c1-32-23-12-11-18-14-29(25-19-9-5-6-10-21(19)27-16-28-25)22(26(30)31)13-20(18)24(23)33-15-17-7-3-2-4-8-17/h2-12,16,22H,13-15H2,1H3,(H,30,31). The Balaban J connectivity index is 1.55. The Labute approximate surface area is 191 Å². The Morgan fingerprint density at radius 1 is 1.06 bits per heavy atom. The van der Waals surface area contributed by atoms with Crippen LogP contribution in [0.1, 0.15) is 16.7 Å². The molecular formula is C26H23N3O4.